The van der Waals surface area contributed by atoms with E-state index in [9.17, 15) is 4.79 Å². The van der Waals surface area contributed by atoms with Crippen LogP contribution in [0.15, 0.2) is 23.9 Å². The molecule has 2 aliphatic heterocycles. The minimum atomic E-state index is -0.346. The molecule has 32 heavy (non-hydrogen) atoms. The molecule has 1 aliphatic carbocycles. The van der Waals surface area contributed by atoms with Crippen molar-refractivity contribution in [2.45, 2.75) is 77.0 Å². The molecule has 176 valence electrons. The Labute approximate surface area is 191 Å². The van der Waals surface area contributed by atoms with Crippen LogP contribution in [0.4, 0.5) is 5.82 Å². The molecule has 1 saturated carbocycles. The normalized spacial score (nSPS) is 25.6. The van der Waals surface area contributed by atoms with E-state index in [1.165, 1.54) is 51.6 Å². The van der Waals surface area contributed by atoms with Gasteiger partial charge in [-0.05, 0) is 68.7 Å². The molecule has 2 atom stereocenters. The second kappa shape index (κ2) is 11.8. The summed E-state index contributed by atoms with van der Waals surface area (Å²) in [5, 5.41) is 3.58. The number of ether oxygens (including phenoxy) is 1. The number of pyridine rings is 1. The molecule has 3 heterocycles. The first kappa shape index (κ1) is 23.2. The third-order valence-corrected chi connectivity index (χ3v) is 6.81. The Morgan fingerprint density at radius 1 is 1.19 bits per heavy atom. The lowest BCUT2D eigenvalue weighted by Gasteiger charge is -2.26. The van der Waals surface area contributed by atoms with Gasteiger partial charge in [0.25, 0.3) is 5.91 Å². The molecule has 7 heteroatoms. The predicted octanol–water partition coefficient (Wildman–Crippen LogP) is 4.13. The highest BCUT2D eigenvalue weighted by atomic mass is 16.8. The minimum Gasteiger partial charge on any atom is -0.366 e. The van der Waals surface area contributed by atoms with E-state index in [1.807, 2.05) is 18.2 Å². The van der Waals surface area contributed by atoms with Gasteiger partial charge in [-0.25, -0.2) is 15.3 Å². The zero-order chi connectivity index (χ0) is 22.2. The largest absolute Gasteiger partial charge is 0.366 e. The maximum Gasteiger partial charge on any atom is 0.270 e. The minimum absolute atomic E-state index is 0.259. The number of rotatable bonds is 8. The Balaban J connectivity index is 1.20. The fraction of sp³-hybridized carbons (Fsp3) is 0.680. The average Bonchev–Trinajstić information content (AvgIpc) is 3.26. The van der Waals surface area contributed by atoms with Gasteiger partial charge in [0.15, 0.2) is 6.29 Å². The van der Waals surface area contributed by atoms with Gasteiger partial charge in [0.1, 0.15) is 5.82 Å². The van der Waals surface area contributed by atoms with Gasteiger partial charge >= 0.3 is 0 Å². The number of hydrogen-bond acceptors (Lipinski definition) is 6. The van der Waals surface area contributed by atoms with Crippen LogP contribution in [-0.4, -0.2) is 54.4 Å². The number of nitrogens with zero attached hydrogens (tertiary/aromatic N) is 2. The molecule has 7 nitrogen and oxygen atoms in total. The molecule has 1 aromatic rings. The molecule has 2 saturated heterocycles. The number of nitrogens with one attached hydrogen (secondary N) is 2. The molecule has 3 aliphatic rings. The molecule has 1 unspecified atom stereocenters. The van der Waals surface area contributed by atoms with Crippen LogP contribution in [0.5, 0.6) is 0 Å². The number of aromatic nitrogens is 1. The van der Waals surface area contributed by atoms with Gasteiger partial charge in [-0.1, -0.05) is 19.3 Å². The van der Waals surface area contributed by atoms with Gasteiger partial charge in [0, 0.05) is 50.5 Å². The second-order valence-corrected chi connectivity index (χ2v) is 9.54. The van der Waals surface area contributed by atoms with Gasteiger partial charge < -0.3 is 15.0 Å². The highest BCUT2D eigenvalue weighted by Gasteiger charge is 2.25. The monoisotopic (exact) mass is 442 g/mol. The van der Waals surface area contributed by atoms with Gasteiger partial charge in [-0.2, -0.15) is 0 Å². The summed E-state index contributed by atoms with van der Waals surface area (Å²) in [4.78, 5) is 24.8. The summed E-state index contributed by atoms with van der Waals surface area (Å²) in [6, 6.07) is 4.44. The van der Waals surface area contributed by atoms with Crippen molar-refractivity contribution < 1.29 is 14.4 Å². The molecule has 0 bridgehead atoms. The third-order valence-electron chi connectivity index (χ3n) is 6.81. The first-order valence-corrected chi connectivity index (χ1v) is 12.4. The van der Waals surface area contributed by atoms with E-state index in [1.54, 1.807) is 13.1 Å². The first-order valence-electron chi connectivity index (χ1n) is 12.4. The van der Waals surface area contributed by atoms with Crippen LogP contribution in [0, 0.1) is 5.92 Å². The predicted molar refractivity (Wildman–Crippen MR) is 126 cm³/mol. The number of hydrogen-bond donors (Lipinski definition) is 2. The number of carbonyl (C=O) groups is 1. The van der Waals surface area contributed by atoms with E-state index >= 15 is 0 Å². The maximum absolute atomic E-state index is 12.3. The number of carbonyl (C=O) groups excluding carboxylic acids is 1. The van der Waals surface area contributed by atoms with Crippen molar-refractivity contribution in [3.63, 3.8) is 0 Å². The zero-order valence-electron chi connectivity index (χ0n) is 19.4. The Morgan fingerprint density at radius 2 is 2.03 bits per heavy atom. The van der Waals surface area contributed by atoms with E-state index in [2.05, 4.69) is 20.7 Å². The number of likely N-dealkylation sites (tertiary alicyclic amines) is 1. The van der Waals surface area contributed by atoms with Crippen molar-refractivity contribution in [1.82, 2.24) is 15.4 Å². The Morgan fingerprint density at radius 3 is 2.78 bits per heavy atom. The van der Waals surface area contributed by atoms with Crippen LogP contribution in [0.3, 0.4) is 0 Å². The van der Waals surface area contributed by atoms with E-state index in [0.717, 1.165) is 43.1 Å². The maximum atomic E-state index is 12.3. The molecule has 0 radical (unpaired) electrons. The standard InChI is InChI=1S/C25H38N4O3/c1-19(25(30)28-32-24-9-5-6-14-31-24)15-21-10-11-23(26-16-21)27-22-12-13-29(18-22)17-20-7-3-2-4-8-20/h10-11,15-16,20,22,24H,2-9,12-14,17-18H2,1H3,(H,26,27)(H,28,30)/t22-,24?/m1/s1. The van der Waals surface area contributed by atoms with E-state index in [4.69, 9.17) is 9.57 Å². The lowest BCUT2D eigenvalue weighted by molar-refractivity contribution is -0.198. The third kappa shape index (κ3) is 7.02. The van der Waals surface area contributed by atoms with Gasteiger partial charge in [-0.3, -0.25) is 4.79 Å². The van der Waals surface area contributed by atoms with Crippen LogP contribution < -0.4 is 10.8 Å². The molecule has 0 spiro atoms. The van der Waals surface area contributed by atoms with Crippen molar-refractivity contribution in [3.8, 4) is 0 Å². The average molecular weight is 443 g/mol. The van der Waals surface area contributed by atoms with Gasteiger partial charge in [0.2, 0.25) is 0 Å². The number of anilines is 1. The lowest BCUT2D eigenvalue weighted by Crippen LogP contribution is -2.33. The van der Waals surface area contributed by atoms with Crippen molar-refractivity contribution in [3.05, 3.63) is 29.5 Å². The molecular formula is C25H38N4O3. The molecular weight excluding hydrogens is 404 g/mol. The van der Waals surface area contributed by atoms with Crippen molar-refractivity contribution in [1.29, 1.82) is 0 Å². The van der Waals surface area contributed by atoms with Gasteiger partial charge in [-0.15, -0.1) is 0 Å². The smallest absolute Gasteiger partial charge is 0.270 e. The molecule has 3 fully saturated rings. The second-order valence-electron chi connectivity index (χ2n) is 9.54. The van der Waals surface area contributed by atoms with Crippen LogP contribution in [-0.2, 0) is 14.4 Å². The summed E-state index contributed by atoms with van der Waals surface area (Å²) in [7, 11) is 0. The van der Waals surface area contributed by atoms with Crippen LogP contribution in [0.25, 0.3) is 6.08 Å². The van der Waals surface area contributed by atoms with Crippen molar-refractivity contribution >= 4 is 17.8 Å². The number of hydroxylamine groups is 1. The van der Waals surface area contributed by atoms with Crippen LogP contribution in [0.1, 0.15) is 70.3 Å². The summed E-state index contributed by atoms with van der Waals surface area (Å²) in [6.07, 6.45) is 14.4. The first-order chi connectivity index (χ1) is 15.7. The Hall–Kier alpha value is -1.96. The van der Waals surface area contributed by atoms with E-state index < -0.39 is 0 Å². The van der Waals surface area contributed by atoms with Crippen LogP contribution >= 0.6 is 0 Å². The molecule has 2 N–H and O–H groups in total. The quantitative estimate of drug-likeness (QED) is 0.466. The van der Waals surface area contributed by atoms with E-state index in [-0.39, 0.29) is 12.2 Å². The topological polar surface area (TPSA) is 75.7 Å². The fourth-order valence-corrected chi connectivity index (χ4v) is 4.96. The van der Waals surface area contributed by atoms with Crippen molar-refractivity contribution in [2.24, 2.45) is 5.92 Å². The fourth-order valence-electron chi connectivity index (χ4n) is 4.96. The van der Waals surface area contributed by atoms with E-state index in [0.29, 0.717) is 18.2 Å². The highest BCUT2D eigenvalue weighted by molar-refractivity contribution is 5.96. The van der Waals surface area contributed by atoms with Crippen molar-refractivity contribution in [2.75, 3.05) is 31.6 Å². The summed E-state index contributed by atoms with van der Waals surface area (Å²) in [6.45, 7) is 5.99. The molecule has 1 amide bonds. The summed E-state index contributed by atoms with van der Waals surface area (Å²) in [5.41, 5.74) is 3.95. The van der Waals surface area contributed by atoms with Gasteiger partial charge in [0.05, 0.1) is 0 Å². The number of amides is 1. The summed E-state index contributed by atoms with van der Waals surface area (Å²) in [5.74, 6) is 1.53. The Bertz CT molecular complexity index is 755. The zero-order valence-corrected chi connectivity index (χ0v) is 19.4. The van der Waals surface area contributed by atoms with Crippen LogP contribution in [0.2, 0.25) is 0 Å². The lowest BCUT2D eigenvalue weighted by atomic mass is 9.89. The molecule has 0 aromatic carbocycles. The molecule has 1 aromatic heterocycles. The summed E-state index contributed by atoms with van der Waals surface area (Å²) >= 11 is 0. The summed E-state index contributed by atoms with van der Waals surface area (Å²) < 4.78 is 5.46. The highest BCUT2D eigenvalue weighted by Crippen LogP contribution is 2.26. The Kier molecular flexibility index (Phi) is 8.54. The molecule has 4 rings (SSSR count). The SMILES string of the molecule is CC(=Cc1ccc(N[C@@H]2CCN(CC3CCCCC3)C2)nc1)C(=O)NOC1CCCCO1.